The van der Waals surface area contributed by atoms with E-state index in [0.29, 0.717) is 6.42 Å². The van der Waals surface area contributed by atoms with Crippen molar-refractivity contribution in [2.75, 3.05) is 20.2 Å². The standard InChI is InChI=1S/C12H26O4S.C3H7NO2.Na/c1-2-3-4-5-6-7-8-9-10-11-12-16-17(13,14)15;1-4-2-3(5)6;/h2-12H2,1H3,(H,13,14,15);4H,2H2,1H3,(H,5,6);/q;;+1/p-1. The second kappa shape index (κ2) is 21.3. The van der Waals surface area contributed by atoms with Crippen molar-refractivity contribution in [3.8, 4) is 0 Å². The molecule has 2 N–H and O–H groups in total. The van der Waals surface area contributed by atoms with E-state index in [1.165, 1.54) is 44.9 Å². The molecule has 0 aliphatic carbocycles. The van der Waals surface area contributed by atoms with Crippen LogP contribution < -0.4 is 40.0 Å². The fourth-order valence-electron chi connectivity index (χ4n) is 1.90. The number of unbranched alkanes of at least 4 members (excludes halogenated alkanes) is 9. The molecular weight excluding hydrogens is 345 g/mol. The Kier molecular flexibility index (Phi) is 25.9. The first-order chi connectivity index (χ1) is 10.8. The van der Waals surface area contributed by atoms with Crippen LogP contribution in [0.1, 0.15) is 71.1 Å². The molecular formula is C15H32NNaO6S. The summed E-state index contributed by atoms with van der Waals surface area (Å²) in [6.45, 7) is 2.24. The molecule has 0 aliphatic rings. The first-order valence-electron chi connectivity index (χ1n) is 8.29. The van der Waals surface area contributed by atoms with Crippen LogP contribution in [-0.2, 0) is 19.4 Å². The zero-order chi connectivity index (χ0) is 18.0. The number of carbonyl (C=O) groups is 1. The number of rotatable bonds is 14. The molecule has 0 aliphatic heterocycles. The third-order valence-electron chi connectivity index (χ3n) is 3.05. The molecule has 140 valence electrons. The van der Waals surface area contributed by atoms with Crippen molar-refractivity contribution >= 4 is 16.4 Å². The second-order valence-corrected chi connectivity index (χ2v) is 6.43. The average molecular weight is 377 g/mol. The Morgan fingerprint density at radius 2 is 1.42 bits per heavy atom. The van der Waals surface area contributed by atoms with Crippen molar-refractivity contribution in [3.05, 3.63) is 0 Å². The predicted octanol–water partition coefficient (Wildman–Crippen LogP) is -1.31. The maximum atomic E-state index is 10.2. The van der Waals surface area contributed by atoms with Gasteiger partial charge >= 0.3 is 40.0 Å². The zero-order valence-electron chi connectivity index (χ0n) is 15.4. The summed E-state index contributed by atoms with van der Waals surface area (Å²) in [7, 11) is -2.68. The van der Waals surface area contributed by atoms with E-state index < -0.39 is 16.4 Å². The van der Waals surface area contributed by atoms with E-state index in [4.69, 9.17) is 4.55 Å². The third-order valence-corrected chi connectivity index (χ3v) is 3.52. The monoisotopic (exact) mass is 377 g/mol. The van der Waals surface area contributed by atoms with Crippen LogP contribution in [0.15, 0.2) is 0 Å². The van der Waals surface area contributed by atoms with Crippen LogP contribution in [0.2, 0.25) is 0 Å². The predicted molar refractivity (Wildman–Crippen MR) is 88.3 cm³/mol. The SMILES string of the molecule is CCCCCCCCCCCCOS(=O)(=O)O.CNCC(=O)[O-].[Na+]. The van der Waals surface area contributed by atoms with Gasteiger partial charge in [-0.25, -0.2) is 4.18 Å². The number of carboxylic acids is 1. The molecule has 24 heavy (non-hydrogen) atoms. The Balaban J connectivity index is -0.000000538. The van der Waals surface area contributed by atoms with Gasteiger partial charge in [0, 0.05) is 6.54 Å². The largest absolute Gasteiger partial charge is 1.00 e. The van der Waals surface area contributed by atoms with Crippen molar-refractivity contribution in [1.82, 2.24) is 5.32 Å². The molecule has 0 amide bonds. The van der Waals surface area contributed by atoms with E-state index in [-0.39, 0.29) is 42.7 Å². The van der Waals surface area contributed by atoms with Gasteiger partial charge in [0.05, 0.1) is 12.6 Å². The normalized spacial score (nSPS) is 10.5. The van der Waals surface area contributed by atoms with Gasteiger partial charge in [0.2, 0.25) is 0 Å². The average Bonchev–Trinajstić information content (AvgIpc) is 2.44. The quantitative estimate of drug-likeness (QED) is 0.219. The van der Waals surface area contributed by atoms with Crippen LogP contribution in [0.3, 0.4) is 0 Å². The Hall–Kier alpha value is 0.300. The summed E-state index contributed by atoms with van der Waals surface area (Å²) in [5.74, 6) is -1.07. The number of nitrogens with one attached hydrogen (secondary N) is 1. The zero-order valence-corrected chi connectivity index (χ0v) is 18.2. The number of likely N-dealkylation sites (N-methyl/N-ethyl adjacent to an activating group) is 1. The number of hydrogen-bond donors (Lipinski definition) is 2. The van der Waals surface area contributed by atoms with Gasteiger partial charge in [0.1, 0.15) is 0 Å². The molecule has 0 spiro atoms. The number of carboxylic acid groups (broad SMARTS) is 1. The van der Waals surface area contributed by atoms with Crippen molar-refractivity contribution in [3.63, 3.8) is 0 Å². The van der Waals surface area contributed by atoms with Crippen LogP contribution in [0.25, 0.3) is 0 Å². The molecule has 9 heteroatoms. The minimum Gasteiger partial charge on any atom is -0.549 e. The molecule has 0 aromatic rings. The fraction of sp³-hybridized carbons (Fsp3) is 0.933. The Morgan fingerprint density at radius 3 is 1.71 bits per heavy atom. The summed E-state index contributed by atoms with van der Waals surface area (Å²) in [6, 6.07) is 0. The van der Waals surface area contributed by atoms with E-state index >= 15 is 0 Å². The van der Waals surface area contributed by atoms with E-state index in [1.807, 2.05) is 0 Å². The summed E-state index contributed by atoms with van der Waals surface area (Å²) in [5.41, 5.74) is 0. The van der Waals surface area contributed by atoms with Gasteiger partial charge in [0.25, 0.3) is 0 Å². The molecule has 0 aromatic carbocycles. The van der Waals surface area contributed by atoms with Gasteiger partial charge in [-0.1, -0.05) is 64.7 Å². The molecule has 0 atom stereocenters. The van der Waals surface area contributed by atoms with Crippen molar-refractivity contribution < 1.29 is 56.6 Å². The van der Waals surface area contributed by atoms with Gasteiger partial charge in [-0.15, -0.1) is 0 Å². The Bertz CT molecular complexity index is 365. The topological polar surface area (TPSA) is 116 Å². The van der Waals surface area contributed by atoms with Gasteiger partial charge in [-0.3, -0.25) is 4.55 Å². The molecule has 0 saturated carbocycles. The van der Waals surface area contributed by atoms with Crippen molar-refractivity contribution in [1.29, 1.82) is 0 Å². The maximum Gasteiger partial charge on any atom is 1.00 e. The molecule has 0 rings (SSSR count). The number of hydrogen-bond acceptors (Lipinski definition) is 6. The van der Waals surface area contributed by atoms with Crippen LogP contribution >= 0.6 is 0 Å². The summed E-state index contributed by atoms with van der Waals surface area (Å²) < 4.78 is 33.0. The molecule has 0 heterocycles. The summed E-state index contributed by atoms with van der Waals surface area (Å²) in [6.07, 6.45) is 11.9. The first kappa shape index (κ1) is 29.1. The molecule has 0 unspecified atom stereocenters. The Morgan fingerprint density at radius 1 is 1.00 bits per heavy atom. The van der Waals surface area contributed by atoms with Crippen LogP contribution in [-0.4, -0.2) is 39.1 Å². The molecule has 0 saturated heterocycles. The van der Waals surface area contributed by atoms with Crippen LogP contribution in [0.4, 0.5) is 0 Å². The number of aliphatic carboxylic acids is 1. The molecule has 0 aromatic heterocycles. The van der Waals surface area contributed by atoms with E-state index in [9.17, 15) is 18.3 Å². The van der Waals surface area contributed by atoms with Crippen LogP contribution in [0.5, 0.6) is 0 Å². The maximum absolute atomic E-state index is 10.2. The molecule has 0 radical (unpaired) electrons. The van der Waals surface area contributed by atoms with E-state index in [2.05, 4.69) is 16.4 Å². The third kappa shape index (κ3) is 33.8. The second-order valence-electron chi connectivity index (χ2n) is 5.33. The summed E-state index contributed by atoms with van der Waals surface area (Å²) in [4.78, 5) is 9.43. The van der Waals surface area contributed by atoms with Gasteiger partial charge in [-0.05, 0) is 13.5 Å². The van der Waals surface area contributed by atoms with Gasteiger partial charge in [0.15, 0.2) is 0 Å². The van der Waals surface area contributed by atoms with Gasteiger partial charge in [-0.2, -0.15) is 8.42 Å². The van der Waals surface area contributed by atoms with E-state index in [1.54, 1.807) is 7.05 Å². The molecule has 7 nitrogen and oxygen atoms in total. The minimum atomic E-state index is -4.23. The minimum absolute atomic E-state index is 0. The molecule has 0 fully saturated rings. The smallest absolute Gasteiger partial charge is 0.549 e. The Labute approximate surface area is 169 Å². The summed E-state index contributed by atoms with van der Waals surface area (Å²) >= 11 is 0. The molecule has 0 bridgehead atoms. The van der Waals surface area contributed by atoms with E-state index in [0.717, 1.165) is 12.8 Å². The van der Waals surface area contributed by atoms with Crippen LogP contribution in [0, 0.1) is 0 Å². The van der Waals surface area contributed by atoms with Crippen molar-refractivity contribution in [2.45, 2.75) is 71.1 Å². The van der Waals surface area contributed by atoms with Gasteiger partial charge < -0.3 is 15.2 Å². The first-order valence-corrected chi connectivity index (χ1v) is 9.66. The fourth-order valence-corrected chi connectivity index (χ4v) is 2.23. The number of carbonyl (C=O) groups excluding carboxylic acids is 1. The van der Waals surface area contributed by atoms with Crippen molar-refractivity contribution in [2.24, 2.45) is 0 Å². The summed E-state index contributed by atoms with van der Waals surface area (Å²) in [5, 5.41) is 11.8.